The van der Waals surface area contributed by atoms with Crippen LogP contribution in [0, 0.1) is 5.92 Å². The molecule has 8 nitrogen and oxygen atoms in total. The lowest BCUT2D eigenvalue weighted by Gasteiger charge is -2.25. The number of likely N-dealkylation sites (tertiary alicyclic amines) is 1. The molecule has 0 bridgehead atoms. The Bertz CT molecular complexity index is 1540. The van der Waals surface area contributed by atoms with Crippen LogP contribution in [0.1, 0.15) is 17.7 Å². The molecule has 2 saturated heterocycles. The third kappa shape index (κ3) is 5.10. The molecule has 2 aliphatic heterocycles. The number of rotatable bonds is 7. The van der Waals surface area contributed by atoms with Crippen LogP contribution in [0.5, 0.6) is 5.75 Å². The van der Waals surface area contributed by atoms with Crippen LogP contribution in [-0.2, 0) is 13.2 Å². The highest BCUT2D eigenvalue weighted by molar-refractivity contribution is 6.30. The second kappa shape index (κ2) is 10.5. The smallest absolute Gasteiger partial charge is 0.273 e. The van der Waals surface area contributed by atoms with Crippen LogP contribution in [0.3, 0.4) is 0 Å². The zero-order chi connectivity index (χ0) is 26.1. The number of hydrogen-bond acceptors (Lipinski definition) is 6. The number of H-pyrrole nitrogens is 1. The van der Waals surface area contributed by atoms with E-state index in [1.807, 2.05) is 12.1 Å². The predicted molar refractivity (Wildman–Crippen MR) is 147 cm³/mol. The number of benzene rings is 1. The van der Waals surface area contributed by atoms with E-state index < -0.39 is 0 Å². The summed E-state index contributed by atoms with van der Waals surface area (Å²) in [6.07, 6.45) is 4.26. The molecule has 0 aliphatic carbocycles. The summed E-state index contributed by atoms with van der Waals surface area (Å²) in [4.78, 5) is 37.8. The van der Waals surface area contributed by atoms with E-state index in [0.29, 0.717) is 28.4 Å². The molecule has 3 aromatic heterocycles. The van der Waals surface area contributed by atoms with Gasteiger partial charge in [-0.3, -0.25) is 24.0 Å². The fourth-order valence-corrected chi connectivity index (χ4v) is 5.60. The minimum absolute atomic E-state index is 0.205. The largest absolute Gasteiger partial charge is 0.487 e. The maximum Gasteiger partial charge on any atom is 0.273 e. The fraction of sp³-hybridized carbons (Fsp3) is 0.276. The van der Waals surface area contributed by atoms with Gasteiger partial charge in [0.1, 0.15) is 23.9 Å². The number of pyridine rings is 3. The molecule has 38 heavy (non-hydrogen) atoms. The molecule has 5 heterocycles. The first kappa shape index (κ1) is 24.5. The summed E-state index contributed by atoms with van der Waals surface area (Å²) in [5.74, 6) is 1.77. The molecular weight excluding hydrogens is 502 g/mol. The van der Waals surface area contributed by atoms with Crippen LogP contribution in [0.15, 0.2) is 88.7 Å². The summed E-state index contributed by atoms with van der Waals surface area (Å²) in [6, 6.07) is 21.2. The average Bonchev–Trinajstić information content (AvgIpc) is 3.51. The van der Waals surface area contributed by atoms with Gasteiger partial charge in [-0.1, -0.05) is 41.9 Å². The van der Waals surface area contributed by atoms with Crippen LogP contribution >= 0.6 is 11.6 Å². The van der Waals surface area contributed by atoms with Gasteiger partial charge in [0.15, 0.2) is 0 Å². The molecule has 6 rings (SSSR count). The zero-order valence-electron chi connectivity index (χ0n) is 20.8. The molecule has 194 valence electrons. The standard InChI is InChI=1S/C29H28ClN5O3/c30-22-6-7-23(31-15-22)19-38-24-11-13-35(28(36)14-24)25-8-9-27(32-29(25)37)34-17-21-10-12-33(26(21)18-34)16-20-4-2-1-3-5-20/h1-9,11,13-15,21,26H,10,12,16-19H2,(H,32,37). The first-order chi connectivity index (χ1) is 18.5. The SMILES string of the molecule is O=c1[nH]c(N2CC3CCN(Cc4ccccc4)C3C2)ccc1-n1ccc(OCc2ccc(Cl)cn2)cc1=O. The molecule has 2 unspecified atom stereocenters. The van der Waals surface area contributed by atoms with Crippen LogP contribution in [0.25, 0.3) is 5.69 Å². The van der Waals surface area contributed by atoms with Gasteiger partial charge in [-0.2, -0.15) is 0 Å². The third-order valence-electron chi connectivity index (χ3n) is 7.43. The number of nitrogens with one attached hydrogen (secondary N) is 1. The molecule has 4 aromatic rings. The van der Waals surface area contributed by atoms with Crippen molar-refractivity contribution in [2.24, 2.45) is 5.92 Å². The maximum atomic E-state index is 13.0. The number of aromatic amines is 1. The summed E-state index contributed by atoms with van der Waals surface area (Å²) in [7, 11) is 0. The van der Waals surface area contributed by atoms with E-state index in [1.54, 1.807) is 36.7 Å². The van der Waals surface area contributed by atoms with Crippen molar-refractivity contribution in [3.63, 3.8) is 0 Å². The van der Waals surface area contributed by atoms with Crippen LogP contribution in [0.2, 0.25) is 5.02 Å². The molecule has 1 aromatic carbocycles. The van der Waals surface area contributed by atoms with Crippen molar-refractivity contribution >= 4 is 17.4 Å². The van der Waals surface area contributed by atoms with E-state index in [-0.39, 0.29) is 23.4 Å². The lowest BCUT2D eigenvalue weighted by molar-refractivity contribution is 0.245. The maximum absolute atomic E-state index is 13.0. The Hall–Kier alpha value is -3.88. The van der Waals surface area contributed by atoms with Crippen molar-refractivity contribution in [1.82, 2.24) is 19.4 Å². The number of hydrogen-bond donors (Lipinski definition) is 1. The van der Waals surface area contributed by atoms with Gasteiger partial charge in [-0.05, 0) is 54.8 Å². The number of ether oxygens (including phenoxy) is 1. The Labute approximate surface area is 225 Å². The molecule has 2 fully saturated rings. The summed E-state index contributed by atoms with van der Waals surface area (Å²) in [5, 5.41) is 0.546. The molecule has 0 saturated carbocycles. The monoisotopic (exact) mass is 529 g/mol. The number of fused-ring (bicyclic) bond motifs is 1. The number of aromatic nitrogens is 3. The van der Waals surface area contributed by atoms with Crippen molar-refractivity contribution in [2.45, 2.75) is 25.6 Å². The minimum Gasteiger partial charge on any atom is -0.487 e. The van der Waals surface area contributed by atoms with Gasteiger partial charge in [-0.15, -0.1) is 0 Å². The lowest BCUT2D eigenvalue weighted by Crippen LogP contribution is -2.35. The third-order valence-corrected chi connectivity index (χ3v) is 7.65. The fourth-order valence-electron chi connectivity index (χ4n) is 5.49. The molecule has 9 heteroatoms. The molecule has 0 amide bonds. The van der Waals surface area contributed by atoms with Gasteiger partial charge in [-0.25, -0.2) is 0 Å². The van der Waals surface area contributed by atoms with Crippen LogP contribution in [0.4, 0.5) is 5.82 Å². The second-order valence-electron chi connectivity index (χ2n) is 9.86. The van der Waals surface area contributed by atoms with Crippen molar-refractivity contribution in [3.05, 3.63) is 116 Å². The van der Waals surface area contributed by atoms with Gasteiger partial charge >= 0.3 is 0 Å². The number of nitrogens with zero attached hydrogens (tertiary/aromatic N) is 4. The Morgan fingerprint density at radius 3 is 2.66 bits per heavy atom. The van der Waals surface area contributed by atoms with E-state index in [0.717, 1.165) is 38.4 Å². The molecule has 0 radical (unpaired) electrons. The second-order valence-corrected chi connectivity index (χ2v) is 10.3. The lowest BCUT2D eigenvalue weighted by atomic mass is 10.0. The molecule has 2 atom stereocenters. The predicted octanol–water partition coefficient (Wildman–Crippen LogP) is 3.86. The summed E-state index contributed by atoms with van der Waals surface area (Å²) in [6.45, 7) is 4.05. The van der Waals surface area contributed by atoms with Gasteiger partial charge in [0.05, 0.1) is 10.7 Å². The molecular formula is C29H28ClN5O3. The Morgan fingerprint density at radius 2 is 1.89 bits per heavy atom. The minimum atomic E-state index is -0.350. The van der Waals surface area contributed by atoms with Crippen molar-refractivity contribution in [2.75, 3.05) is 24.5 Å². The first-order valence-electron chi connectivity index (χ1n) is 12.8. The highest BCUT2D eigenvalue weighted by Crippen LogP contribution is 2.34. The van der Waals surface area contributed by atoms with Crippen molar-refractivity contribution < 1.29 is 4.74 Å². The topological polar surface area (TPSA) is 83.5 Å². The van der Waals surface area contributed by atoms with Crippen molar-refractivity contribution in [1.29, 1.82) is 0 Å². The van der Waals surface area contributed by atoms with Crippen molar-refractivity contribution in [3.8, 4) is 11.4 Å². The normalized spacial score (nSPS) is 19.0. The van der Waals surface area contributed by atoms with Gasteiger partial charge in [0, 0.05) is 44.1 Å². The zero-order valence-corrected chi connectivity index (χ0v) is 21.6. The Balaban J connectivity index is 1.13. The Kier molecular flexibility index (Phi) is 6.74. The highest BCUT2D eigenvalue weighted by atomic mass is 35.5. The van der Waals surface area contributed by atoms with E-state index in [9.17, 15) is 9.59 Å². The Morgan fingerprint density at radius 1 is 1.03 bits per heavy atom. The van der Waals surface area contributed by atoms with Gasteiger partial charge in [0.2, 0.25) is 0 Å². The van der Waals surface area contributed by atoms with E-state index in [4.69, 9.17) is 16.3 Å². The molecule has 1 N–H and O–H groups in total. The summed E-state index contributed by atoms with van der Waals surface area (Å²) >= 11 is 5.86. The van der Waals surface area contributed by atoms with Gasteiger partial charge in [0.25, 0.3) is 11.1 Å². The number of halogens is 1. The van der Waals surface area contributed by atoms with Crippen LogP contribution < -0.4 is 20.8 Å². The van der Waals surface area contributed by atoms with Crippen LogP contribution in [-0.4, -0.2) is 45.1 Å². The summed E-state index contributed by atoms with van der Waals surface area (Å²) in [5.41, 5.74) is 1.64. The average molecular weight is 530 g/mol. The quantitative estimate of drug-likeness (QED) is 0.391. The first-order valence-corrected chi connectivity index (χ1v) is 13.1. The van der Waals surface area contributed by atoms with E-state index in [2.05, 4.69) is 44.0 Å². The summed E-state index contributed by atoms with van der Waals surface area (Å²) < 4.78 is 7.02. The van der Waals surface area contributed by atoms with E-state index in [1.165, 1.54) is 16.2 Å². The molecule has 0 spiro atoms. The number of anilines is 1. The molecule has 2 aliphatic rings. The van der Waals surface area contributed by atoms with Gasteiger partial charge < -0.3 is 14.6 Å². The highest BCUT2D eigenvalue weighted by Gasteiger charge is 2.41. The van der Waals surface area contributed by atoms with E-state index >= 15 is 0 Å².